The number of H-pyrrole nitrogens is 2. The Morgan fingerprint density at radius 2 is 1.68 bits per heavy atom. The van der Waals surface area contributed by atoms with Crippen LogP contribution in [0.15, 0.2) is 52.3 Å². The Bertz CT molecular complexity index is 1350. The smallest absolute Gasteiger partial charge is 0.323 e. The molecule has 2 aliphatic heterocycles. The van der Waals surface area contributed by atoms with E-state index in [0.29, 0.717) is 28.0 Å². The van der Waals surface area contributed by atoms with Crippen LogP contribution in [0.25, 0.3) is 11.0 Å². The van der Waals surface area contributed by atoms with Gasteiger partial charge in [0, 0.05) is 36.4 Å². The molecular formula is C23H22N6O4S. The van der Waals surface area contributed by atoms with Crippen LogP contribution >= 0.6 is 11.8 Å². The van der Waals surface area contributed by atoms with Crippen LogP contribution in [0.5, 0.6) is 0 Å². The first-order valence-corrected chi connectivity index (χ1v) is 11.8. The molecular weight excluding hydrogens is 456 g/mol. The van der Waals surface area contributed by atoms with Crippen LogP contribution in [0.2, 0.25) is 0 Å². The second kappa shape index (κ2) is 9.18. The third kappa shape index (κ3) is 4.74. The van der Waals surface area contributed by atoms with Gasteiger partial charge in [0.1, 0.15) is 5.25 Å². The molecule has 3 aromatic rings. The highest BCUT2D eigenvalue weighted by atomic mass is 32.2. The number of nitrogens with one attached hydrogen (secondary N) is 4. The van der Waals surface area contributed by atoms with Crippen molar-refractivity contribution in [2.75, 3.05) is 23.7 Å². The molecule has 0 bridgehead atoms. The van der Waals surface area contributed by atoms with Gasteiger partial charge < -0.3 is 25.5 Å². The average molecular weight is 479 g/mol. The van der Waals surface area contributed by atoms with Crippen LogP contribution in [0, 0.1) is 0 Å². The van der Waals surface area contributed by atoms with Gasteiger partial charge in [-0.3, -0.25) is 14.4 Å². The number of hydrogen-bond acceptors (Lipinski definition) is 6. The minimum atomic E-state index is -0.507. The molecule has 1 atom stereocenters. The van der Waals surface area contributed by atoms with Crippen molar-refractivity contribution in [3.05, 3.63) is 58.5 Å². The number of aromatic nitrogens is 2. The zero-order valence-electron chi connectivity index (χ0n) is 18.1. The number of amidine groups is 1. The summed E-state index contributed by atoms with van der Waals surface area (Å²) in [5, 5.41) is 5.77. The molecule has 1 aromatic heterocycles. The number of benzene rings is 2. The van der Waals surface area contributed by atoms with E-state index >= 15 is 0 Å². The summed E-state index contributed by atoms with van der Waals surface area (Å²) in [6.45, 7) is 1.80. The quantitative estimate of drug-likeness (QED) is 0.444. The number of aliphatic imine (C=N–C) groups is 1. The second-order valence-corrected chi connectivity index (χ2v) is 9.33. The summed E-state index contributed by atoms with van der Waals surface area (Å²) >= 11 is 1.36. The van der Waals surface area contributed by atoms with Gasteiger partial charge in [0.15, 0.2) is 5.17 Å². The number of likely N-dealkylation sites (tertiary alicyclic amines) is 1. The molecule has 0 spiro atoms. The van der Waals surface area contributed by atoms with E-state index in [-0.39, 0.29) is 29.8 Å². The number of carbonyl (C=O) groups excluding carboxylic acids is 3. The number of fused-ring (bicyclic) bond motifs is 1. The fourth-order valence-corrected chi connectivity index (χ4v) is 5.07. The number of carbonyl (C=O) groups is 3. The molecule has 4 N–H and O–H groups in total. The van der Waals surface area contributed by atoms with Crippen LogP contribution < -0.4 is 16.3 Å². The van der Waals surface area contributed by atoms with Crippen molar-refractivity contribution in [3.8, 4) is 0 Å². The Morgan fingerprint density at radius 1 is 0.971 bits per heavy atom. The molecule has 0 aliphatic carbocycles. The second-order valence-electron chi connectivity index (χ2n) is 8.16. The maximum Gasteiger partial charge on any atom is 0.323 e. The molecule has 0 radical (unpaired) electrons. The Labute approximate surface area is 198 Å². The SMILES string of the molecule is O=C(C[C@H]1SC(N2CCCC2)=NC1=O)Nc1ccc(C(=O)Nc2ccc3[nH]c(=O)[nH]c3c2)cc1. The number of rotatable bonds is 5. The van der Waals surface area contributed by atoms with Gasteiger partial charge in [-0.1, -0.05) is 11.8 Å². The highest BCUT2D eigenvalue weighted by Gasteiger charge is 2.33. The number of hydrogen-bond donors (Lipinski definition) is 4. The zero-order chi connectivity index (χ0) is 23.7. The van der Waals surface area contributed by atoms with Crippen molar-refractivity contribution in [2.24, 2.45) is 4.99 Å². The molecule has 2 aromatic carbocycles. The highest BCUT2D eigenvalue weighted by Crippen LogP contribution is 2.29. The molecule has 3 heterocycles. The van der Waals surface area contributed by atoms with E-state index in [0.717, 1.165) is 31.1 Å². The molecule has 10 nitrogen and oxygen atoms in total. The van der Waals surface area contributed by atoms with Gasteiger partial charge >= 0.3 is 5.69 Å². The predicted octanol–water partition coefficient (Wildman–Crippen LogP) is 2.53. The minimum absolute atomic E-state index is 0.0380. The van der Waals surface area contributed by atoms with E-state index in [9.17, 15) is 19.2 Å². The molecule has 174 valence electrons. The standard InChI is InChI=1S/C23H22N6O4S/c30-19(12-18-21(32)28-23(34-18)29-9-1-2-10-29)24-14-5-3-13(4-6-14)20(31)25-15-7-8-16-17(11-15)27-22(33)26-16/h3-8,11,18H,1-2,9-10,12H2,(H,24,30)(H,25,31)(H2,26,27,33)/t18-/m1/s1. The number of anilines is 2. The van der Waals surface area contributed by atoms with Gasteiger partial charge in [0.25, 0.3) is 11.8 Å². The van der Waals surface area contributed by atoms with Gasteiger partial charge in [-0.25, -0.2) is 4.79 Å². The lowest BCUT2D eigenvalue weighted by molar-refractivity contribution is -0.121. The predicted molar refractivity (Wildman–Crippen MR) is 131 cm³/mol. The van der Waals surface area contributed by atoms with Gasteiger partial charge in [-0.2, -0.15) is 4.99 Å². The third-order valence-corrected chi connectivity index (χ3v) is 6.89. The molecule has 0 unspecified atom stereocenters. The Balaban J connectivity index is 1.15. The maximum absolute atomic E-state index is 12.6. The first-order valence-electron chi connectivity index (χ1n) is 10.9. The molecule has 5 rings (SSSR count). The lowest BCUT2D eigenvalue weighted by atomic mass is 10.1. The van der Waals surface area contributed by atoms with Crippen molar-refractivity contribution in [1.29, 1.82) is 0 Å². The van der Waals surface area contributed by atoms with Crippen molar-refractivity contribution >= 4 is 57.1 Å². The first kappa shape index (κ1) is 22.0. The normalized spacial score (nSPS) is 17.8. The molecule has 11 heteroatoms. The molecule has 2 aliphatic rings. The average Bonchev–Trinajstić information content (AvgIpc) is 3.54. The number of amides is 3. The van der Waals surface area contributed by atoms with Gasteiger partial charge in [0.2, 0.25) is 5.91 Å². The van der Waals surface area contributed by atoms with E-state index < -0.39 is 5.25 Å². The van der Waals surface area contributed by atoms with Crippen LogP contribution in [0.1, 0.15) is 29.6 Å². The minimum Gasteiger partial charge on any atom is -0.351 e. The summed E-state index contributed by atoms with van der Waals surface area (Å²) in [6.07, 6.45) is 2.22. The summed E-state index contributed by atoms with van der Waals surface area (Å²) in [7, 11) is 0. The fourth-order valence-electron chi connectivity index (χ4n) is 3.95. The Hall–Kier alpha value is -3.86. The summed E-state index contributed by atoms with van der Waals surface area (Å²) in [5.74, 6) is -0.875. The lowest BCUT2D eigenvalue weighted by Gasteiger charge is -2.16. The van der Waals surface area contributed by atoms with E-state index in [1.165, 1.54) is 11.8 Å². The fraction of sp³-hybridized carbons (Fsp3) is 0.261. The summed E-state index contributed by atoms with van der Waals surface area (Å²) in [6, 6.07) is 11.5. The Morgan fingerprint density at radius 3 is 2.44 bits per heavy atom. The highest BCUT2D eigenvalue weighted by molar-refractivity contribution is 8.15. The van der Waals surface area contributed by atoms with E-state index in [1.54, 1.807) is 42.5 Å². The van der Waals surface area contributed by atoms with Crippen molar-refractivity contribution < 1.29 is 14.4 Å². The monoisotopic (exact) mass is 478 g/mol. The summed E-state index contributed by atoms with van der Waals surface area (Å²) in [4.78, 5) is 60.1. The van der Waals surface area contributed by atoms with E-state index in [1.807, 2.05) is 0 Å². The summed E-state index contributed by atoms with van der Waals surface area (Å²) in [5.41, 5.74) is 2.41. The first-order chi connectivity index (χ1) is 16.4. The van der Waals surface area contributed by atoms with Crippen LogP contribution in [0.4, 0.5) is 11.4 Å². The number of nitrogens with zero attached hydrogens (tertiary/aromatic N) is 2. The number of aromatic amines is 2. The molecule has 1 fully saturated rings. The van der Waals surface area contributed by atoms with Gasteiger partial charge in [0.05, 0.1) is 11.0 Å². The van der Waals surface area contributed by atoms with Crippen molar-refractivity contribution in [1.82, 2.24) is 14.9 Å². The van der Waals surface area contributed by atoms with Gasteiger partial charge in [-0.05, 0) is 55.3 Å². The lowest BCUT2D eigenvalue weighted by Crippen LogP contribution is -2.25. The van der Waals surface area contributed by atoms with Gasteiger partial charge in [-0.15, -0.1) is 0 Å². The topological polar surface area (TPSA) is 140 Å². The van der Waals surface area contributed by atoms with Crippen molar-refractivity contribution in [2.45, 2.75) is 24.5 Å². The van der Waals surface area contributed by atoms with Crippen molar-refractivity contribution in [3.63, 3.8) is 0 Å². The van der Waals surface area contributed by atoms with Crippen LogP contribution in [-0.4, -0.2) is 56.1 Å². The third-order valence-electron chi connectivity index (χ3n) is 5.68. The Kier molecular flexibility index (Phi) is 5.93. The van der Waals surface area contributed by atoms with E-state index in [4.69, 9.17) is 0 Å². The van der Waals surface area contributed by atoms with Crippen LogP contribution in [0.3, 0.4) is 0 Å². The number of imidazole rings is 1. The molecule has 0 saturated carbocycles. The number of thioether (sulfide) groups is 1. The van der Waals surface area contributed by atoms with Crippen LogP contribution in [-0.2, 0) is 9.59 Å². The maximum atomic E-state index is 12.6. The van der Waals surface area contributed by atoms with E-state index in [2.05, 4.69) is 30.5 Å². The molecule has 1 saturated heterocycles. The summed E-state index contributed by atoms with van der Waals surface area (Å²) < 4.78 is 0. The molecule has 3 amide bonds. The molecule has 34 heavy (non-hydrogen) atoms. The zero-order valence-corrected chi connectivity index (χ0v) is 18.9. The largest absolute Gasteiger partial charge is 0.351 e.